The highest BCUT2D eigenvalue weighted by atomic mass is 14.3. The van der Waals surface area contributed by atoms with E-state index in [1.807, 2.05) is 6.08 Å². The maximum absolute atomic E-state index is 3.86. The van der Waals surface area contributed by atoms with Gasteiger partial charge in [-0.2, -0.15) is 0 Å². The number of hydrogen-bond donors (Lipinski definition) is 0. The summed E-state index contributed by atoms with van der Waals surface area (Å²) in [4.78, 5) is 0. The second kappa shape index (κ2) is 5.89. The fourth-order valence-electron chi connectivity index (χ4n) is 3.71. The Morgan fingerprint density at radius 2 is 1.22 bits per heavy atom. The second-order valence-electron chi connectivity index (χ2n) is 6.20. The van der Waals surface area contributed by atoms with E-state index in [2.05, 4.69) is 79.4 Å². The number of benzene rings is 3. The predicted octanol–water partition coefficient (Wildman–Crippen LogP) is 5.61. The van der Waals surface area contributed by atoms with Gasteiger partial charge in [-0.15, -0.1) is 0 Å². The minimum Gasteiger partial charge on any atom is -0.0985 e. The zero-order valence-corrected chi connectivity index (χ0v) is 13.2. The Morgan fingerprint density at radius 3 is 1.74 bits per heavy atom. The molecule has 1 aliphatic rings. The van der Waals surface area contributed by atoms with Crippen LogP contribution in [0.4, 0.5) is 0 Å². The van der Waals surface area contributed by atoms with Crippen LogP contribution >= 0.6 is 0 Å². The zero-order valence-electron chi connectivity index (χ0n) is 13.2. The van der Waals surface area contributed by atoms with Crippen molar-refractivity contribution in [2.45, 2.75) is 18.8 Å². The summed E-state index contributed by atoms with van der Waals surface area (Å²) in [5.41, 5.74) is 8.37. The van der Waals surface area contributed by atoms with E-state index in [9.17, 15) is 0 Å². The van der Waals surface area contributed by atoms with Crippen LogP contribution in [0.15, 0.2) is 79.4 Å². The quantitative estimate of drug-likeness (QED) is 0.576. The van der Waals surface area contributed by atoms with E-state index in [0.717, 1.165) is 12.8 Å². The van der Waals surface area contributed by atoms with E-state index in [1.54, 1.807) is 0 Å². The van der Waals surface area contributed by atoms with Crippen LogP contribution in [0.1, 0.15) is 39.3 Å². The molecule has 3 aromatic rings. The number of fused-ring (bicyclic) bond motifs is 2. The zero-order chi connectivity index (χ0) is 15.6. The average molecular weight is 296 g/mol. The van der Waals surface area contributed by atoms with Crippen LogP contribution in [0.25, 0.3) is 6.08 Å². The van der Waals surface area contributed by atoms with Crippen molar-refractivity contribution in [3.63, 3.8) is 0 Å². The minimum absolute atomic E-state index is 0.323. The molecule has 0 saturated carbocycles. The molecule has 0 bridgehead atoms. The van der Waals surface area contributed by atoms with Gasteiger partial charge in [-0.05, 0) is 46.2 Å². The first-order chi connectivity index (χ1) is 11.4. The molecule has 4 rings (SSSR count). The smallest absolute Gasteiger partial charge is 0.0345 e. The molecule has 0 heteroatoms. The Bertz CT molecular complexity index is 792. The molecule has 0 heterocycles. The fourth-order valence-corrected chi connectivity index (χ4v) is 3.71. The summed E-state index contributed by atoms with van der Waals surface area (Å²) in [7, 11) is 0. The topological polar surface area (TPSA) is 0 Å². The van der Waals surface area contributed by atoms with Crippen LogP contribution in [0, 0.1) is 0 Å². The molecule has 1 aliphatic carbocycles. The van der Waals surface area contributed by atoms with Crippen molar-refractivity contribution < 1.29 is 0 Å². The highest BCUT2D eigenvalue weighted by molar-refractivity contribution is 5.54. The van der Waals surface area contributed by atoms with Crippen LogP contribution in [-0.4, -0.2) is 0 Å². The Balaban J connectivity index is 1.93. The van der Waals surface area contributed by atoms with Gasteiger partial charge in [0.2, 0.25) is 0 Å². The van der Waals surface area contributed by atoms with E-state index < -0.39 is 0 Å². The molecule has 0 unspecified atom stereocenters. The molecule has 0 N–H and O–H groups in total. The molecule has 0 radical (unpaired) electrons. The van der Waals surface area contributed by atoms with E-state index in [0.29, 0.717) is 5.92 Å². The third-order valence-electron chi connectivity index (χ3n) is 4.90. The van der Waals surface area contributed by atoms with Crippen LogP contribution in [0.3, 0.4) is 0 Å². The van der Waals surface area contributed by atoms with Gasteiger partial charge >= 0.3 is 0 Å². The van der Waals surface area contributed by atoms with Crippen molar-refractivity contribution in [2.24, 2.45) is 0 Å². The lowest BCUT2D eigenvalue weighted by Gasteiger charge is -2.21. The molecule has 0 amide bonds. The van der Waals surface area contributed by atoms with Crippen molar-refractivity contribution >= 4 is 6.08 Å². The van der Waals surface area contributed by atoms with Gasteiger partial charge in [0.1, 0.15) is 0 Å². The maximum atomic E-state index is 3.86. The standard InChI is InChI=1S/C23H20/c1-2-17-11-13-20(14-12-17)23-21-9-5-3-7-18(21)15-16-19-8-4-6-10-22(19)23/h2-14,23H,1,15-16H2. The van der Waals surface area contributed by atoms with Crippen molar-refractivity contribution in [2.75, 3.05) is 0 Å². The SMILES string of the molecule is C=Cc1ccc(C2c3ccccc3CCc3ccccc32)cc1. The molecule has 0 saturated heterocycles. The summed E-state index contributed by atoms with van der Waals surface area (Å²) >= 11 is 0. The largest absolute Gasteiger partial charge is 0.0985 e. The van der Waals surface area contributed by atoms with Crippen LogP contribution in [0.2, 0.25) is 0 Å². The molecule has 0 atom stereocenters. The van der Waals surface area contributed by atoms with E-state index in [-0.39, 0.29) is 0 Å². The lowest BCUT2D eigenvalue weighted by molar-refractivity contribution is 0.965. The first-order valence-corrected chi connectivity index (χ1v) is 8.25. The summed E-state index contributed by atoms with van der Waals surface area (Å²) in [6.07, 6.45) is 4.14. The monoisotopic (exact) mass is 296 g/mol. The molecule has 23 heavy (non-hydrogen) atoms. The van der Waals surface area contributed by atoms with Crippen LogP contribution < -0.4 is 0 Å². The van der Waals surface area contributed by atoms with Gasteiger partial charge < -0.3 is 0 Å². The molecule has 0 aliphatic heterocycles. The van der Waals surface area contributed by atoms with Crippen LogP contribution in [-0.2, 0) is 12.8 Å². The number of rotatable bonds is 2. The highest BCUT2D eigenvalue weighted by Crippen LogP contribution is 2.38. The third kappa shape index (κ3) is 2.51. The van der Waals surface area contributed by atoms with Gasteiger partial charge in [-0.1, -0.05) is 85.5 Å². The van der Waals surface area contributed by atoms with E-state index in [4.69, 9.17) is 0 Å². The lowest BCUT2D eigenvalue weighted by atomic mass is 9.82. The van der Waals surface area contributed by atoms with Gasteiger partial charge in [0, 0.05) is 5.92 Å². The van der Waals surface area contributed by atoms with E-state index in [1.165, 1.54) is 33.4 Å². The number of hydrogen-bond acceptors (Lipinski definition) is 0. The molecule has 0 nitrogen and oxygen atoms in total. The van der Waals surface area contributed by atoms with Gasteiger partial charge in [-0.25, -0.2) is 0 Å². The molecule has 3 aromatic carbocycles. The Hall–Kier alpha value is -2.60. The molecular formula is C23H20. The second-order valence-corrected chi connectivity index (χ2v) is 6.20. The van der Waals surface area contributed by atoms with Gasteiger partial charge in [0.15, 0.2) is 0 Å². The normalized spacial score (nSPS) is 13.7. The summed E-state index contributed by atoms with van der Waals surface area (Å²) in [5.74, 6) is 0.323. The molecular weight excluding hydrogens is 276 g/mol. The summed E-state index contributed by atoms with van der Waals surface area (Å²) in [6.45, 7) is 3.86. The third-order valence-corrected chi connectivity index (χ3v) is 4.90. The number of aryl methyl sites for hydroxylation is 2. The highest BCUT2D eigenvalue weighted by Gasteiger charge is 2.24. The maximum Gasteiger partial charge on any atom is 0.0345 e. The van der Waals surface area contributed by atoms with Crippen molar-refractivity contribution in [3.8, 4) is 0 Å². The minimum atomic E-state index is 0.323. The van der Waals surface area contributed by atoms with Gasteiger partial charge in [-0.3, -0.25) is 0 Å². The summed E-state index contributed by atoms with van der Waals surface area (Å²) in [5, 5.41) is 0. The summed E-state index contributed by atoms with van der Waals surface area (Å²) in [6, 6.07) is 26.6. The molecule has 0 aromatic heterocycles. The van der Waals surface area contributed by atoms with Crippen LogP contribution in [0.5, 0.6) is 0 Å². The first kappa shape index (κ1) is 14.0. The first-order valence-electron chi connectivity index (χ1n) is 8.25. The van der Waals surface area contributed by atoms with Crippen molar-refractivity contribution in [1.82, 2.24) is 0 Å². The van der Waals surface area contributed by atoms with Gasteiger partial charge in [0.05, 0.1) is 0 Å². The van der Waals surface area contributed by atoms with E-state index >= 15 is 0 Å². The Labute approximate surface area is 138 Å². The lowest BCUT2D eigenvalue weighted by Crippen LogP contribution is -2.05. The molecule has 0 spiro atoms. The Morgan fingerprint density at radius 1 is 0.696 bits per heavy atom. The Kier molecular flexibility index (Phi) is 3.59. The predicted molar refractivity (Wildman–Crippen MR) is 97.8 cm³/mol. The summed E-state index contributed by atoms with van der Waals surface area (Å²) < 4.78 is 0. The molecule has 0 fully saturated rings. The molecule has 112 valence electrons. The average Bonchev–Trinajstić information content (AvgIpc) is 2.79. The van der Waals surface area contributed by atoms with Crippen molar-refractivity contribution in [3.05, 3.63) is 113 Å². The fraction of sp³-hybridized carbons (Fsp3) is 0.130. The van der Waals surface area contributed by atoms with Crippen molar-refractivity contribution in [1.29, 1.82) is 0 Å². The van der Waals surface area contributed by atoms with Gasteiger partial charge in [0.25, 0.3) is 0 Å².